The van der Waals surface area contributed by atoms with Gasteiger partial charge in [-0.1, -0.05) is 0 Å². The van der Waals surface area contributed by atoms with Crippen molar-refractivity contribution in [3.8, 4) is 0 Å². The van der Waals surface area contributed by atoms with E-state index in [1.54, 1.807) is 13.1 Å². The van der Waals surface area contributed by atoms with Crippen molar-refractivity contribution in [3.63, 3.8) is 0 Å². The molecule has 1 aliphatic heterocycles. The highest BCUT2D eigenvalue weighted by atomic mass is 16.1. The standard InChI is InChI=1S/C8H9N3O/c1-5-9-4-6-2-3-7(12)11-8(6)10-5/h4H,2-3H2,1H3,(H,9,10,11,12). The first kappa shape index (κ1) is 7.21. The lowest BCUT2D eigenvalue weighted by atomic mass is 10.1. The van der Waals surface area contributed by atoms with Gasteiger partial charge in [0, 0.05) is 18.2 Å². The molecule has 0 fully saturated rings. The summed E-state index contributed by atoms with van der Waals surface area (Å²) in [5.41, 5.74) is 1.03. The molecule has 0 aliphatic carbocycles. The number of nitrogens with one attached hydrogen (secondary N) is 1. The molecule has 1 aromatic rings. The monoisotopic (exact) mass is 163 g/mol. The molecule has 0 saturated carbocycles. The summed E-state index contributed by atoms with van der Waals surface area (Å²) >= 11 is 0. The number of hydrogen-bond donors (Lipinski definition) is 1. The summed E-state index contributed by atoms with van der Waals surface area (Å²) in [4.78, 5) is 19.1. The molecule has 1 aliphatic rings. The van der Waals surface area contributed by atoms with Crippen molar-refractivity contribution in [2.24, 2.45) is 0 Å². The van der Waals surface area contributed by atoms with Gasteiger partial charge in [0.05, 0.1) is 0 Å². The van der Waals surface area contributed by atoms with Crippen LogP contribution < -0.4 is 5.32 Å². The molecule has 4 nitrogen and oxygen atoms in total. The van der Waals surface area contributed by atoms with Crippen LogP contribution in [0.1, 0.15) is 17.8 Å². The van der Waals surface area contributed by atoms with Crippen molar-refractivity contribution in [1.29, 1.82) is 0 Å². The maximum absolute atomic E-state index is 11.0. The van der Waals surface area contributed by atoms with Crippen LogP contribution in [0.15, 0.2) is 6.20 Å². The van der Waals surface area contributed by atoms with Crippen LogP contribution >= 0.6 is 0 Å². The van der Waals surface area contributed by atoms with E-state index in [0.29, 0.717) is 18.1 Å². The lowest BCUT2D eigenvalue weighted by Gasteiger charge is -2.14. The Hall–Kier alpha value is -1.45. The lowest BCUT2D eigenvalue weighted by molar-refractivity contribution is -0.116. The molecule has 0 bridgehead atoms. The number of nitrogens with zero attached hydrogens (tertiary/aromatic N) is 2. The van der Waals surface area contributed by atoms with Gasteiger partial charge in [-0.2, -0.15) is 0 Å². The van der Waals surface area contributed by atoms with Gasteiger partial charge >= 0.3 is 0 Å². The Morgan fingerprint density at radius 1 is 1.50 bits per heavy atom. The first-order chi connectivity index (χ1) is 5.75. The van der Waals surface area contributed by atoms with Crippen LogP contribution in [0.5, 0.6) is 0 Å². The van der Waals surface area contributed by atoms with E-state index >= 15 is 0 Å². The molecule has 0 atom stereocenters. The molecule has 2 rings (SSSR count). The van der Waals surface area contributed by atoms with Gasteiger partial charge in [0.15, 0.2) is 0 Å². The van der Waals surface area contributed by atoms with Crippen LogP contribution in [0.4, 0.5) is 5.82 Å². The Kier molecular flexibility index (Phi) is 1.53. The van der Waals surface area contributed by atoms with E-state index in [1.807, 2.05) is 0 Å². The number of amides is 1. The Balaban J connectivity index is 2.44. The maximum Gasteiger partial charge on any atom is 0.225 e. The molecule has 1 aromatic heterocycles. The van der Waals surface area contributed by atoms with Crippen LogP contribution in [-0.2, 0) is 11.2 Å². The molecule has 0 unspecified atom stereocenters. The van der Waals surface area contributed by atoms with Crippen LogP contribution in [0.25, 0.3) is 0 Å². The first-order valence-electron chi connectivity index (χ1n) is 3.88. The first-order valence-corrected chi connectivity index (χ1v) is 3.88. The molecule has 12 heavy (non-hydrogen) atoms. The Bertz CT molecular complexity index is 335. The van der Waals surface area contributed by atoms with Crippen LogP contribution in [0.2, 0.25) is 0 Å². The van der Waals surface area contributed by atoms with E-state index < -0.39 is 0 Å². The molecule has 0 saturated heterocycles. The minimum Gasteiger partial charge on any atom is -0.310 e. The normalized spacial score (nSPS) is 15.2. The Morgan fingerprint density at radius 2 is 2.33 bits per heavy atom. The smallest absolute Gasteiger partial charge is 0.225 e. The number of carbonyl (C=O) groups is 1. The van der Waals surface area contributed by atoms with E-state index in [-0.39, 0.29) is 5.91 Å². The summed E-state index contributed by atoms with van der Waals surface area (Å²) in [7, 11) is 0. The van der Waals surface area contributed by atoms with Crippen molar-refractivity contribution < 1.29 is 4.79 Å². The van der Waals surface area contributed by atoms with Crippen molar-refractivity contribution in [3.05, 3.63) is 17.6 Å². The quantitative estimate of drug-likeness (QED) is 0.611. The summed E-state index contributed by atoms with van der Waals surface area (Å²) in [6.45, 7) is 1.81. The molecule has 2 heterocycles. The highest BCUT2D eigenvalue weighted by molar-refractivity contribution is 5.92. The number of aryl methyl sites for hydroxylation is 2. The predicted octanol–water partition coefficient (Wildman–Crippen LogP) is 0.670. The van der Waals surface area contributed by atoms with Gasteiger partial charge < -0.3 is 5.32 Å². The number of fused-ring (bicyclic) bond motifs is 1. The molecular formula is C8H9N3O. The SMILES string of the molecule is Cc1ncc2c(n1)NC(=O)CC2. The summed E-state index contributed by atoms with van der Waals surface area (Å²) in [6, 6.07) is 0. The summed E-state index contributed by atoms with van der Waals surface area (Å²) in [6.07, 6.45) is 3.07. The number of carbonyl (C=O) groups excluding carboxylic acids is 1. The average molecular weight is 163 g/mol. The third-order valence-corrected chi connectivity index (χ3v) is 1.86. The molecule has 4 heteroatoms. The zero-order chi connectivity index (χ0) is 8.55. The second-order valence-corrected chi connectivity index (χ2v) is 2.84. The largest absolute Gasteiger partial charge is 0.310 e. The third-order valence-electron chi connectivity index (χ3n) is 1.86. The highest BCUT2D eigenvalue weighted by Gasteiger charge is 2.15. The van der Waals surface area contributed by atoms with Crippen LogP contribution in [-0.4, -0.2) is 15.9 Å². The zero-order valence-electron chi connectivity index (χ0n) is 6.79. The van der Waals surface area contributed by atoms with Gasteiger partial charge in [0.25, 0.3) is 0 Å². The van der Waals surface area contributed by atoms with Gasteiger partial charge in [-0.15, -0.1) is 0 Å². The van der Waals surface area contributed by atoms with Crippen molar-refractivity contribution in [2.45, 2.75) is 19.8 Å². The fraction of sp³-hybridized carbons (Fsp3) is 0.375. The average Bonchev–Trinajstić information content (AvgIpc) is 2.03. The molecule has 0 spiro atoms. The minimum atomic E-state index is 0.0422. The van der Waals surface area contributed by atoms with Gasteiger partial charge in [0.2, 0.25) is 5.91 Å². The highest BCUT2D eigenvalue weighted by Crippen LogP contribution is 2.18. The summed E-state index contributed by atoms with van der Waals surface area (Å²) in [5.74, 6) is 1.41. The van der Waals surface area contributed by atoms with Crippen LogP contribution in [0, 0.1) is 6.92 Å². The number of hydrogen-bond acceptors (Lipinski definition) is 3. The fourth-order valence-corrected chi connectivity index (χ4v) is 1.23. The van der Waals surface area contributed by atoms with E-state index in [0.717, 1.165) is 12.0 Å². The van der Waals surface area contributed by atoms with E-state index in [9.17, 15) is 4.79 Å². The minimum absolute atomic E-state index is 0.0422. The molecule has 1 N–H and O–H groups in total. The Labute approximate surface area is 70.0 Å². The predicted molar refractivity (Wildman–Crippen MR) is 43.7 cm³/mol. The molecule has 0 radical (unpaired) electrons. The van der Waals surface area contributed by atoms with E-state index in [1.165, 1.54) is 0 Å². The van der Waals surface area contributed by atoms with Gasteiger partial charge in [-0.05, 0) is 13.3 Å². The van der Waals surface area contributed by atoms with Gasteiger partial charge in [0.1, 0.15) is 11.6 Å². The molecule has 0 aromatic carbocycles. The second kappa shape index (κ2) is 2.55. The van der Waals surface area contributed by atoms with Gasteiger partial charge in [-0.25, -0.2) is 9.97 Å². The van der Waals surface area contributed by atoms with E-state index in [2.05, 4.69) is 15.3 Å². The van der Waals surface area contributed by atoms with Crippen LogP contribution in [0.3, 0.4) is 0 Å². The lowest BCUT2D eigenvalue weighted by Crippen LogP contribution is -2.20. The number of rotatable bonds is 0. The van der Waals surface area contributed by atoms with Crippen molar-refractivity contribution in [2.75, 3.05) is 5.32 Å². The number of anilines is 1. The fourth-order valence-electron chi connectivity index (χ4n) is 1.23. The summed E-state index contributed by atoms with van der Waals surface area (Å²) in [5, 5.41) is 2.71. The van der Waals surface area contributed by atoms with Crippen molar-refractivity contribution in [1.82, 2.24) is 9.97 Å². The third kappa shape index (κ3) is 1.15. The maximum atomic E-state index is 11.0. The van der Waals surface area contributed by atoms with Crippen molar-refractivity contribution >= 4 is 11.7 Å². The Morgan fingerprint density at radius 3 is 3.17 bits per heavy atom. The van der Waals surface area contributed by atoms with Gasteiger partial charge in [-0.3, -0.25) is 4.79 Å². The zero-order valence-corrected chi connectivity index (χ0v) is 6.79. The van der Waals surface area contributed by atoms with E-state index in [4.69, 9.17) is 0 Å². The topological polar surface area (TPSA) is 54.9 Å². The second-order valence-electron chi connectivity index (χ2n) is 2.84. The molecule has 62 valence electrons. The molecule has 1 amide bonds. The summed E-state index contributed by atoms with van der Waals surface area (Å²) < 4.78 is 0. The number of aromatic nitrogens is 2. The molecular weight excluding hydrogens is 154 g/mol.